The minimum Gasteiger partial charge on any atom is -0.436 e. The van der Waals surface area contributed by atoms with Gasteiger partial charge in [-0.3, -0.25) is 0 Å². The van der Waals surface area contributed by atoms with Crippen molar-refractivity contribution in [3.05, 3.63) is 41.1 Å². The van der Waals surface area contributed by atoms with E-state index in [4.69, 9.17) is 4.74 Å². The van der Waals surface area contributed by atoms with Crippen LogP contribution in [0.5, 0.6) is 11.6 Å². The third kappa shape index (κ3) is 1.62. The van der Waals surface area contributed by atoms with Crippen molar-refractivity contribution in [2.45, 2.75) is 30.6 Å². The lowest BCUT2D eigenvalue weighted by atomic mass is 10.1. The normalized spacial score (nSPS) is 12.6. The zero-order chi connectivity index (χ0) is 12.0. The highest BCUT2D eigenvalue weighted by molar-refractivity contribution is 7.99. The quantitative estimate of drug-likeness (QED) is 0.589. The summed E-state index contributed by atoms with van der Waals surface area (Å²) in [7, 11) is 0. The summed E-state index contributed by atoms with van der Waals surface area (Å²) in [6, 6.07) is 6.20. The molecule has 0 fully saturated rings. The largest absolute Gasteiger partial charge is 0.436 e. The van der Waals surface area contributed by atoms with Gasteiger partial charge in [0.05, 0.1) is 9.79 Å². The van der Waals surface area contributed by atoms with E-state index in [-0.39, 0.29) is 0 Å². The fourth-order valence-electron chi connectivity index (χ4n) is 2.01. The van der Waals surface area contributed by atoms with Gasteiger partial charge in [-0.15, -0.1) is 0 Å². The third-order valence-corrected chi connectivity index (χ3v) is 4.32. The van der Waals surface area contributed by atoms with Gasteiger partial charge in [-0.2, -0.15) is 0 Å². The second-order valence-corrected chi connectivity index (χ2v) is 5.36. The molecule has 0 N–H and O–H groups in total. The van der Waals surface area contributed by atoms with Crippen LogP contribution in [0.4, 0.5) is 0 Å². The van der Waals surface area contributed by atoms with Gasteiger partial charge < -0.3 is 4.74 Å². The summed E-state index contributed by atoms with van der Waals surface area (Å²) >= 11 is 1.74. The van der Waals surface area contributed by atoms with Crippen molar-refractivity contribution >= 4 is 11.8 Å². The summed E-state index contributed by atoms with van der Waals surface area (Å²) in [5, 5.41) is 0. The van der Waals surface area contributed by atoms with Crippen LogP contribution in [0, 0.1) is 20.8 Å². The summed E-state index contributed by atoms with van der Waals surface area (Å²) in [6.07, 6.45) is 1.77. The maximum atomic E-state index is 5.94. The van der Waals surface area contributed by atoms with Crippen LogP contribution in [0.3, 0.4) is 0 Å². The predicted octanol–water partition coefficient (Wildman–Crippen LogP) is 4.26. The van der Waals surface area contributed by atoms with Gasteiger partial charge in [0.2, 0.25) is 5.88 Å². The summed E-state index contributed by atoms with van der Waals surface area (Å²) < 4.78 is 5.94. The number of fused-ring (bicyclic) bond motifs is 2. The van der Waals surface area contributed by atoms with Gasteiger partial charge in [0.15, 0.2) is 0 Å². The highest BCUT2D eigenvalue weighted by Crippen LogP contribution is 2.49. The first-order chi connectivity index (χ1) is 8.16. The van der Waals surface area contributed by atoms with Gasteiger partial charge in [-0.05, 0) is 49.6 Å². The molecule has 0 amide bonds. The summed E-state index contributed by atoms with van der Waals surface area (Å²) in [4.78, 5) is 6.58. The zero-order valence-electron chi connectivity index (χ0n) is 10.1. The van der Waals surface area contributed by atoms with Crippen molar-refractivity contribution in [3.8, 4) is 11.6 Å². The molecule has 0 saturated carbocycles. The summed E-state index contributed by atoms with van der Waals surface area (Å²) in [5.41, 5.74) is 3.73. The van der Waals surface area contributed by atoms with Gasteiger partial charge >= 0.3 is 0 Å². The van der Waals surface area contributed by atoms with Crippen molar-refractivity contribution < 1.29 is 4.74 Å². The summed E-state index contributed by atoms with van der Waals surface area (Å²) in [5.74, 6) is 1.69. The Hall–Kier alpha value is -1.48. The van der Waals surface area contributed by atoms with Gasteiger partial charge in [-0.25, -0.2) is 4.98 Å². The van der Waals surface area contributed by atoms with Gasteiger partial charge in [0, 0.05) is 6.20 Å². The molecular formula is C14H13NOS. The Morgan fingerprint density at radius 1 is 1.18 bits per heavy atom. The van der Waals surface area contributed by atoms with Crippen LogP contribution in [0.25, 0.3) is 0 Å². The molecule has 0 aliphatic carbocycles. The lowest BCUT2D eigenvalue weighted by molar-refractivity contribution is 0.430. The Morgan fingerprint density at radius 2 is 2.00 bits per heavy atom. The van der Waals surface area contributed by atoms with Crippen molar-refractivity contribution in [1.29, 1.82) is 0 Å². The van der Waals surface area contributed by atoms with Crippen molar-refractivity contribution in [3.63, 3.8) is 0 Å². The molecule has 3 rings (SSSR count). The maximum Gasteiger partial charge on any atom is 0.233 e. The molecular weight excluding hydrogens is 230 g/mol. The van der Waals surface area contributed by atoms with Crippen LogP contribution in [0.15, 0.2) is 34.2 Å². The molecule has 2 heterocycles. The lowest BCUT2D eigenvalue weighted by Crippen LogP contribution is -2.01. The Balaban J connectivity index is 2.21. The van der Waals surface area contributed by atoms with E-state index >= 15 is 0 Å². The Morgan fingerprint density at radius 3 is 2.82 bits per heavy atom. The number of aryl methyl sites for hydroxylation is 2. The number of hydrogen-bond donors (Lipinski definition) is 0. The molecule has 86 valence electrons. The van der Waals surface area contributed by atoms with Crippen LogP contribution < -0.4 is 4.74 Å². The maximum absolute atomic E-state index is 5.94. The molecule has 2 aromatic rings. The molecule has 1 aromatic heterocycles. The number of benzene rings is 1. The highest BCUT2D eigenvalue weighted by atomic mass is 32.2. The smallest absolute Gasteiger partial charge is 0.233 e. The van der Waals surface area contributed by atoms with Crippen LogP contribution in [0.2, 0.25) is 0 Å². The molecule has 0 radical (unpaired) electrons. The minimum absolute atomic E-state index is 0.720. The number of nitrogens with zero attached hydrogens (tertiary/aromatic N) is 1. The number of hydrogen-bond acceptors (Lipinski definition) is 3. The van der Waals surface area contributed by atoms with E-state index in [1.807, 2.05) is 12.1 Å². The van der Waals surface area contributed by atoms with Crippen LogP contribution in [0.1, 0.15) is 16.7 Å². The third-order valence-electron chi connectivity index (χ3n) is 3.08. The van der Waals surface area contributed by atoms with Crippen LogP contribution in [-0.4, -0.2) is 4.98 Å². The molecule has 1 aliphatic heterocycles. The average Bonchev–Trinajstić information content (AvgIpc) is 2.34. The Kier molecular flexibility index (Phi) is 2.37. The van der Waals surface area contributed by atoms with Gasteiger partial charge in [0.25, 0.3) is 0 Å². The first-order valence-electron chi connectivity index (χ1n) is 5.58. The second-order valence-electron chi connectivity index (χ2n) is 4.30. The fraction of sp³-hybridized carbons (Fsp3) is 0.214. The monoisotopic (exact) mass is 243 g/mol. The van der Waals surface area contributed by atoms with Crippen molar-refractivity contribution in [2.75, 3.05) is 0 Å². The van der Waals surface area contributed by atoms with E-state index in [2.05, 4.69) is 31.8 Å². The molecule has 1 aromatic carbocycles. The van der Waals surface area contributed by atoms with E-state index in [0.717, 1.165) is 16.5 Å². The first kappa shape index (κ1) is 10.7. The molecule has 17 heavy (non-hydrogen) atoms. The van der Waals surface area contributed by atoms with E-state index in [1.54, 1.807) is 18.0 Å². The van der Waals surface area contributed by atoms with Gasteiger partial charge in [0.1, 0.15) is 5.75 Å². The molecule has 0 bridgehead atoms. The topological polar surface area (TPSA) is 22.1 Å². The van der Waals surface area contributed by atoms with Crippen molar-refractivity contribution in [1.82, 2.24) is 4.98 Å². The number of pyridine rings is 1. The Labute approximate surface area is 105 Å². The zero-order valence-corrected chi connectivity index (χ0v) is 10.9. The lowest BCUT2D eigenvalue weighted by Gasteiger charge is -2.22. The standard InChI is InChI=1S/C14H13NOS/c1-8-7-9(2)13-12(10(8)3)16-14-11(17-13)5-4-6-15-14/h4-7H,1-3H3. The molecule has 0 unspecified atom stereocenters. The molecule has 0 spiro atoms. The van der Waals surface area contributed by atoms with Crippen LogP contribution in [-0.2, 0) is 0 Å². The van der Waals surface area contributed by atoms with E-state index < -0.39 is 0 Å². The van der Waals surface area contributed by atoms with Gasteiger partial charge in [-0.1, -0.05) is 17.8 Å². The Bertz CT molecular complexity index is 607. The van der Waals surface area contributed by atoms with E-state index in [1.165, 1.54) is 21.6 Å². The number of ether oxygens (including phenoxy) is 1. The molecule has 1 aliphatic rings. The average molecular weight is 243 g/mol. The number of rotatable bonds is 0. The molecule has 0 atom stereocenters. The molecule has 0 saturated heterocycles. The highest BCUT2D eigenvalue weighted by Gasteiger charge is 2.22. The minimum atomic E-state index is 0.720. The van der Waals surface area contributed by atoms with E-state index in [9.17, 15) is 0 Å². The molecule has 2 nitrogen and oxygen atoms in total. The van der Waals surface area contributed by atoms with E-state index in [0.29, 0.717) is 0 Å². The van der Waals surface area contributed by atoms with Crippen LogP contribution >= 0.6 is 11.8 Å². The predicted molar refractivity (Wildman–Crippen MR) is 69.1 cm³/mol. The molecule has 3 heteroatoms. The SMILES string of the molecule is Cc1cc(C)c2c(c1C)Oc1ncccc1S2. The number of aromatic nitrogens is 1. The fourth-order valence-corrected chi connectivity index (χ4v) is 3.07. The summed E-state index contributed by atoms with van der Waals surface area (Å²) in [6.45, 7) is 6.34. The first-order valence-corrected chi connectivity index (χ1v) is 6.40. The second kappa shape index (κ2) is 3.77. The van der Waals surface area contributed by atoms with Crippen molar-refractivity contribution in [2.24, 2.45) is 0 Å².